The molecule has 0 spiro atoms. The van der Waals surface area contributed by atoms with Gasteiger partial charge in [0.2, 0.25) is 12.3 Å². The van der Waals surface area contributed by atoms with Crippen molar-refractivity contribution in [2.24, 2.45) is 5.73 Å². The Labute approximate surface area is 155 Å². The van der Waals surface area contributed by atoms with E-state index in [1.807, 2.05) is 0 Å². The number of pyridine rings is 1. The fourth-order valence-electron chi connectivity index (χ4n) is 3.04. The molecule has 1 fully saturated rings. The van der Waals surface area contributed by atoms with Gasteiger partial charge in [-0.15, -0.1) is 0 Å². The van der Waals surface area contributed by atoms with Gasteiger partial charge in [0.05, 0.1) is 17.6 Å². The third-order valence-electron chi connectivity index (χ3n) is 4.13. The van der Waals surface area contributed by atoms with E-state index in [2.05, 4.69) is 4.98 Å². The molecule has 8 nitrogen and oxygen atoms in total. The van der Waals surface area contributed by atoms with E-state index < -0.39 is 64.0 Å². The predicted molar refractivity (Wildman–Crippen MR) is 86.4 cm³/mol. The summed E-state index contributed by atoms with van der Waals surface area (Å²) in [4.78, 5) is 15.5. The molecule has 1 aromatic heterocycles. The normalized spacial score (nSPS) is 21.8. The van der Waals surface area contributed by atoms with Gasteiger partial charge in [0.1, 0.15) is 6.10 Å². The molecule has 1 aliphatic heterocycles. The first-order chi connectivity index (χ1) is 12.9. The Morgan fingerprint density at radius 3 is 2.50 bits per heavy atom. The van der Waals surface area contributed by atoms with Crippen LogP contribution in [0.5, 0.6) is 0 Å². The summed E-state index contributed by atoms with van der Waals surface area (Å²) in [5.41, 5.74) is 4.00. The number of rotatable bonds is 3. The van der Waals surface area contributed by atoms with Gasteiger partial charge in [0.15, 0.2) is 5.03 Å². The van der Waals surface area contributed by atoms with Crippen LogP contribution in [0.25, 0.3) is 10.9 Å². The molecule has 3 N–H and O–H groups in total. The van der Waals surface area contributed by atoms with Crippen LogP contribution < -0.4 is 5.73 Å². The van der Waals surface area contributed by atoms with Gasteiger partial charge >= 0.3 is 16.4 Å². The molecule has 2 atom stereocenters. The summed E-state index contributed by atoms with van der Waals surface area (Å²) >= 11 is 0. The van der Waals surface area contributed by atoms with Gasteiger partial charge in [-0.1, -0.05) is 18.2 Å². The minimum atomic E-state index is -5.12. The molecule has 0 radical (unpaired) electrons. The first-order valence-electron chi connectivity index (χ1n) is 7.71. The number of para-hydroxylation sites is 1. The Balaban J connectivity index is 2.32. The van der Waals surface area contributed by atoms with Crippen LogP contribution in [-0.4, -0.2) is 54.5 Å². The average Bonchev–Trinajstić information content (AvgIpc) is 2.57. The minimum absolute atomic E-state index is 0.0144. The lowest BCUT2D eigenvalue weighted by atomic mass is 9.98. The molecule has 0 aliphatic carbocycles. The molecule has 13 heteroatoms. The maximum Gasteiger partial charge on any atom is 0.460 e. The first kappa shape index (κ1) is 20.4. The molecule has 1 amide bonds. The van der Waals surface area contributed by atoms with Crippen LogP contribution in [0.4, 0.5) is 17.6 Å². The van der Waals surface area contributed by atoms with Crippen molar-refractivity contribution in [3.05, 3.63) is 35.4 Å². The summed E-state index contributed by atoms with van der Waals surface area (Å²) in [5, 5.41) is -1.11. The van der Waals surface area contributed by atoms with Crippen LogP contribution in [-0.2, 0) is 14.9 Å². The van der Waals surface area contributed by atoms with Gasteiger partial charge in [-0.05, 0) is 6.07 Å². The van der Waals surface area contributed by atoms with E-state index >= 15 is 0 Å². The first-order valence-corrected chi connectivity index (χ1v) is 9.15. The van der Waals surface area contributed by atoms with E-state index in [9.17, 15) is 35.3 Å². The number of carbonyl (C=O) groups excluding carboxylic acids is 1. The highest BCUT2D eigenvalue weighted by Crippen LogP contribution is 2.38. The lowest BCUT2D eigenvalue weighted by Gasteiger charge is -2.36. The summed E-state index contributed by atoms with van der Waals surface area (Å²) in [6.45, 7) is -2.18. The number of ether oxygens (including phenoxy) is 1. The number of amides is 1. The molecular formula is C15H13F4N3O5S. The standard InChI is InChI=1S/C15H13F4N3O5S/c16-10-6-22(15(17,18)19)5-9(27-10)12-11(13(20)23)7-3-1-2-4-8(7)21-14(12)28(24,25)26/h1-4,9-10H,5-6H2,(H2,20,23)(H,24,25,26). The fraction of sp³-hybridized carbons (Fsp3) is 0.333. The molecule has 0 bridgehead atoms. The molecule has 1 aromatic carbocycles. The lowest BCUT2D eigenvalue weighted by Crippen LogP contribution is -2.49. The molecule has 1 saturated heterocycles. The number of hydrogen-bond donors (Lipinski definition) is 2. The Bertz CT molecular complexity index is 1040. The van der Waals surface area contributed by atoms with E-state index in [1.165, 1.54) is 24.3 Å². The number of carbonyl (C=O) groups is 1. The monoisotopic (exact) mass is 423 g/mol. The summed E-state index contributed by atoms with van der Waals surface area (Å²) in [5.74, 6) is -1.21. The van der Waals surface area contributed by atoms with E-state index in [-0.39, 0.29) is 15.8 Å². The third kappa shape index (κ3) is 3.78. The number of benzene rings is 1. The van der Waals surface area contributed by atoms with Gasteiger partial charge < -0.3 is 10.5 Å². The van der Waals surface area contributed by atoms with Crippen molar-refractivity contribution >= 4 is 26.9 Å². The predicted octanol–water partition coefficient (Wildman–Crippen LogP) is 1.77. The summed E-state index contributed by atoms with van der Waals surface area (Å²) < 4.78 is 91.1. The zero-order valence-corrected chi connectivity index (χ0v) is 14.7. The van der Waals surface area contributed by atoms with Gasteiger partial charge in [0, 0.05) is 17.5 Å². The number of morpholine rings is 1. The zero-order valence-electron chi connectivity index (χ0n) is 13.9. The van der Waals surface area contributed by atoms with Gasteiger partial charge in [-0.25, -0.2) is 14.3 Å². The summed E-state index contributed by atoms with van der Waals surface area (Å²) in [6, 6.07) is 5.54. The summed E-state index contributed by atoms with van der Waals surface area (Å²) in [6.07, 6.45) is -9.27. The van der Waals surface area contributed by atoms with Crippen LogP contribution in [0.15, 0.2) is 29.3 Å². The highest BCUT2D eigenvalue weighted by molar-refractivity contribution is 7.85. The van der Waals surface area contributed by atoms with Gasteiger partial charge in [-0.2, -0.15) is 21.6 Å². The number of fused-ring (bicyclic) bond motifs is 1. The Hall–Kier alpha value is -2.35. The van der Waals surface area contributed by atoms with Crippen molar-refractivity contribution in [2.45, 2.75) is 23.8 Å². The molecule has 2 heterocycles. The largest absolute Gasteiger partial charge is 0.460 e. The molecule has 2 aromatic rings. The average molecular weight is 423 g/mol. The van der Waals surface area contributed by atoms with Crippen LogP contribution in [0, 0.1) is 0 Å². The van der Waals surface area contributed by atoms with Crippen molar-refractivity contribution < 1.29 is 40.1 Å². The third-order valence-corrected chi connectivity index (χ3v) is 4.93. The van der Waals surface area contributed by atoms with Crippen molar-refractivity contribution in [3.63, 3.8) is 0 Å². The molecule has 1 aliphatic rings. The number of aromatic nitrogens is 1. The van der Waals surface area contributed by atoms with Gasteiger partial charge in [0.25, 0.3) is 0 Å². The van der Waals surface area contributed by atoms with E-state index in [0.717, 1.165) is 0 Å². The van der Waals surface area contributed by atoms with Crippen molar-refractivity contribution in [1.82, 2.24) is 9.88 Å². The number of alkyl halides is 4. The lowest BCUT2D eigenvalue weighted by molar-refractivity contribution is -0.289. The molecule has 0 saturated carbocycles. The highest BCUT2D eigenvalue weighted by atomic mass is 32.2. The van der Waals surface area contributed by atoms with Gasteiger partial charge in [-0.3, -0.25) is 9.35 Å². The fourth-order valence-corrected chi connectivity index (χ4v) is 3.77. The van der Waals surface area contributed by atoms with E-state index in [4.69, 9.17) is 10.5 Å². The second-order valence-electron chi connectivity index (χ2n) is 5.97. The topological polar surface area (TPSA) is 123 Å². The smallest absolute Gasteiger partial charge is 0.366 e. The quantitative estimate of drug-likeness (QED) is 0.438. The van der Waals surface area contributed by atoms with E-state index in [1.54, 1.807) is 0 Å². The maximum atomic E-state index is 13.9. The second-order valence-corrected chi connectivity index (χ2v) is 7.31. The number of primary amides is 1. The maximum absolute atomic E-state index is 13.9. The minimum Gasteiger partial charge on any atom is -0.366 e. The molecular weight excluding hydrogens is 410 g/mol. The van der Waals surface area contributed by atoms with E-state index in [0.29, 0.717) is 0 Å². The number of hydrogen-bond acceptors (Lipinski definition) is 6. The molecule has 3 rings (SSSR count). The molecule has 2 unspecified atom stereocenters. The second kappa shape index (κ2) is 6.92. The highest BCUT2D eigenvalue weighted by Gasteiger charge is 2.46. The van der Waals surface area contributed by atoms with Crippen LogP contribution in [0.2, 0.25) is 0 Å². The Morgan fingerprint density at radius 1 is 1.29 bits per heavy atom. The van der Waals surface area contributed by atoms with Crippen molar-refractivity contribution in [2.75, 3.05) is 13.1 Å². The molecule has 152 valence electrons. The SMILES string of the molecule is NC(=O)c1c(C2CN(C(F)(F)F)CC(F)O2)c(S(=O)(=O)O)nc2ccccc12. The molecule has 28 heavy (non-hydrogen) atoms. The van der Waals surface area contributed by atoms with Crippen LogP contribution >= 0.6 is 0 Å². The van der Waals surface area contributed by atoms with Crippen molar-refractivity contribution in [3.8, 4) is 0 Å². The van der Waals surface area contributed by atoms with Crippen LogP contribution in [0.3, 0.4) is 0 Å². The Kier molecular flexibility index (Phi) is 5.04. The zero-order chi connectivity index (χ0) is 20.9. The number of nitrogens with zero attached hydrogens (tertiary/aromatic N) is 2. The summed E-state index contributed by atoms with van der Waals surface area (Å²) in [7, 11) is -5.12. The Morgan fingerprint density at radius 2 is 1.93 bits per heavy atom. The van der Waals surface area contributed by atoms with Crippen LogP contribution in [0.1, 0.15) is 22.0 Å². The van der Waals surface area contributed by atoms with Crippen molar-refractivity contribution in [1.29, 1.82) is 0 Å². The number of nitrogens with two attached hydrogens (primary N) is 1. The number of halogens is 4.